The van der Waals surface area contributed by atoms with Crippen molar-refractivity contribution in [2.75, 3.05) is 31.9 Å². The predicted octanol–water partition coefficient (Wildman–Crippen LogP) is 9.34. The quantitative estimate of drug-likeness (QED) is 0.0742. The second kappa shape index (κ2) is 19.5. The zero-order valence-electron chi connectivity index (χ0n) is 21.3. The third kappa shape index (κ3) is 13.2. The van der Waals surface area contributed by atoms with Gasteiger partial charge in [-0.05, 0) is 39.2 Å². The molecule has 186 valence electrons. The van der Waals surface area contributed by atoms with E-state index in [1.165, 1.54) is 102 Å². The normalized spacial score (nSPS) is 19.6. The molecule has 0 aromatic heterocycles. The molecular formula is C26H51N2OP2S+. The van der Waals surface area contributed by atoms with Gasteiger partial charge >= 0.3 is 0 Å². The van der Waals surface area contributed by atoms with Crippen molar-refractivity contribution in [2.24, 2.45) is 4.40 Å². The summed E-state index contributed by atoms with van der Waals surface area (Å²) in [6.07, 6.45) is 26.3. The summed E-state index contributed by atoms with van der Waals surface area (Å²) in [6, 6.07) is 0. The molecule has 2 unspecified atom stereocenters. The number of thiol groups is 1. The lowest BCUT2D eigenvalue weighted by Gasteiger charge is -2.30. The van der Waals surface area contributed by atoms with Crippen molar-refractivity contribution in [3.8, 4) is 0 Å². The molecule has 0 saturated heterocycles. The summed E-state index contributed by atoms with van der Waals surface area (Å²) in [4.78, 5) is 0. The smallest absolute Gasteiger partial charge is 0.159 e. The Kier molecular flexibility index (Phi) is 18.5. The van der Waals surface area contributed by atoms with Gasteiger partial charge in [0.25, 0.3) is 0 Å². The number of nitrogens with zero attached hydrogens (tertiary/aromatic N) is 1. The highest BCUT2D eigenvalue weighted by Gasteiger charge is 2.40. The van der Waals surface area contributed by atoms with Gasteiger partial charge < -0.3 is 10.1 Å². The Morgan fingerprint density at radius 1 is 1.00 bits per heavy atom. The largest absolute Gasteiger partial charge is 0.346 e. The average Bonchev–Trinajstić information content (AvgIpc) is 2.79. The van der Waals surface area contributed by atoms with E-state index in [0.717, 1.165) is 39.5 Å². The lowest BCUT2D eigenvalue weighted by molar-refractivity contribution is 0.173. The van der Waals surface area contributed by atoms with Crippen LogP contribution >= 0.6 is 28.0 Å². The van der Waals surface area contributed by atoms with E-state index >= 15 is 0 Å². The highest BCUT2D eigenvalue weighted by atomic mass is 32.1. The molecule has 1 rings (SSSR count). The number of allylic oxidation sites excluding steroid dienone is 2. The topological polar surface area (TPSA) is 45.4 Å². The van der Waals surface area contributed by atoms with Crippen LogP contribution in [-0.4, -0.2) is 43.4 Å². The molecule has 0 radical (unpaired) electrons. The summed E-state index contributed by atoms with van der Waals surface area (Å²) in [5.41, 5.74) is 2.54. The van der Waals surface area contributed by atoms with Gasteiger partial charge in [0.05, 0.1) is 37.3 Å². The summed E-state index contributed by atoms with van der Waals surface area (Å²) in [7, 11) is 0.957. The Morgan fingerprint density at radius 3 is 2.00 bits per heavy atom. The summed E-state index contributed by atoms with van der Waals surface area (Å²) in [5, 5.41) is 7.97. The summed E-state index contributed by atoms with van der Waals surface area (Å²) >= 11 is 4.11. The lowest BCUT2D eigenvalue weighted by Crippen LogP contribution is -2.21. The average molecular weight is 502 g/mol. The van der Waals surface area contributed by atoms with Gasteiger partial charge in [-0.15, -0.1) is 0 Å². The predicted molar refractivity (Wildman–Crippen MR) is 155 cm³/mol. The Bertz CT molecular complexity index is 568. The molecule has 0 saturated carbocycles. The van der Waals surface area contributed by atoms with E-state index in [9.17, 15) is 0 Å². The zero-order chi connectivity index (χ0) is 23.5. The second-order valence-electron chi connectivity index (χ2n) is 9.48. The molecular weight excluding hydrogens is 450 g/mol. The molecule has 0 aromatic carbocycles. The van der Waals surface area contributed by atoms with Crippen molar-refractivity contribution in [3.63, 3.8) is 0 Å². The number of nitrogens with one attached hydrogen (secondary N) is 1. The Hall–Kier alpha value is 0.250. The molecule has 6 heteroatoms. The standard InChI is InChI=1S/C26H50N2OP2S/c1-4-5-6-7-8-9-10-11-12-13-14-15-16-17-20-29-23-31(30-3)21-18-19-25(22-31)26(28-32)24(2)27/h19,27,30H,4-18,20-23H2,1-3H3/p+1/b27-24?,28-26+. The summed E-state index contributed by atoms with van der Waals surface area (Å²) in [6.45, 7) is 6.27. The van der Waals surface area contributed by atoms with Gasteiger partial charge in [-0.2, -0.15) is 0 Å². The minimum absolute atomic E-state index is 0.522. The van der Waals surface area contributed by atoms with E-state index in [1.54, 1.807) is 0 Å². The van der Waals surface area contributed by atoms with Gasteiger partial charge in [0.2, 0.25) is 0 Å². The van der Waals surface area contributed by atoms with Crippen LogP contribution < -0.4 is 0 Å². The van der Waals surface area contributed by atoms with Crippen molar-refractivity contribution in [2.45, 2.75) is 110 Å². The third-order valence-corrected chi connectivity index (χ3v) is 14.9. The molecule has 0 amide bonds. The van der Waals surface area contributed by atoms with Crippen LogP contribution in [0.15, 0.2) is 16.0 Å². The van der Waals surface area contributed by atoms with Crippen molar-refractivity contribution < 1.29 is 4.74 Å². The van der Waals surface area contributed by atoms with Gasteiger partial charge in [-0.3, -0.25) is 0 Å². The summed E-state index contributed by atoms with van der Waals surface area (Å²) < 4.78 is 10.3. The number of hydrogen-bond donors (Lipinski definition) is 2. The molecule has 3 nitrogen and oxygen atoms in total. The number of rotatable bonds is 20. The van der Waals surface area contributed by atoms with Crippen LogP contribution in [0.25, 0.3) is 0 Å². The molecule has 1 N–H and O–H groups in total. The van der Waals surface area contributed by atoms with E-state index in [-0.39, 0.29) is 0 Å². The fourth-order valence-corrected chi connectivity index (χ4v) is 10.4. The van der Waals surface area contributed by atoms with Crippen LogP contribution in [-0.2, 0) is 4.74 Å². The molecule has 0 aliphatic carbocycles. The van der Waals surface area contributed by atoms with E-state index in [1.807, 2.05) is 6.92 Å². The Labute approximate surface area is 207 Å². The lowest BCUT2D eigenvalue weighted by atomic mass is 10.0. The molecule has 0 bridgehead atoms. The molecule has 0 spiro atoms. The van der Waals surface area contributed by atoms with Gasteiger partial charge in [0.1, 0.15) is 0 Å². The van der Waals surface area contributed by atoms with Crippen molar-refractivity contribution in [3.05, 3.63) is 11.6 Å². The fourth-order valence-electron chi connectivity index (χ4n) is 4.51. The fraction of sp³-hybridized carbons (Fsp3) is 0.846. The van der Waals surface area contributed by atoms with E-state index in [4.69, 9.17) is 10.1 Å². The van der Waals surface area contributed by atoms with Crippen LogP contribution in [0.5, 0.6) is 0 Å². The van der Waals surface area contributed by atoms with Crippen LogP contribution in [0.3, 0.4) is 0 Å². The minimum Gasteiger partial charge on any atom is -0.346 e. The first-order valence-electron chi connectivity index (χ1n) is 13.2. The van der Waals surface area contributed by atoms with Crippen LogP contribution in [0, 0.1) is 5.41 Å². The molecule has 1 aliphatic heterocycles. The van der Waals surface area contributed by atoms with Crippen molar-refractivity contribution >= 4 is 39.5 Å². The van der Waals surface area contributed by atoms with Gasteiger partial charge in [-0.1, -0.05) is 96.5 Å². The first-order chi connectivity index (χ1) is 15.6. The summed E-state index contributed by atoms with van der Waals surface area (Å²) in [5.74, 6) is 0. The maximum absolute atomic E-state index is 7.97. The van der Waals surface area contributed by atoms with E-state index in [2.05, 4.69) is 36.9 Å². The van der Waals surface area contributed by atoms with Gasteiger partial charge in [-0.25, -0.2) is 4.40 Å². The molecule has 1 aliphatic rings. The first kappa shape index (κ1) is 30.3. The van der Waals surface area contributed by atoms with Crippen molar-refractivity contribution in [1.82, 2.24) is 0 Å². The Morgan fingerprint density at radius 2 is 1.53 bits per heavy atom. The number of ether oxygens (including phenoxy) is 1. The molecule has 0 fully saturated rings. The molecule has 32 heavy (non-hydrogen) atoms. The molecule has 1 heterocycles. The monoisotopic (exact) mass is 501 g/mol. The highest BCUT2D eigenvalue weighted by molar-refractivity contribution is 8.31. The number of hydrogen-bond acceptors (Lipinski definition) is 4. The van der Waals surface area contributed by atoms with E-state index < -0.39 is 6.95 Å². The first-order valence-corrected chi connectivity index (χ1v) is 18.3. The highest BCUT2D eigenvalue weighted by Crippen LogP contribution is 2.75. The van der Waals surface area contributed by atoms with Gasteiger partial charge in [0, 0.05) is 13.8 Å². The Balaban J connectivity index is 2.04. The van der Waals surface area contributed by atoms with Crippen LogP contribution in [0.2, 0.25) is 0 Å². The SMILES string of the molecule is CCCCCCCCCCCCCCCCOC[P+]1(PC)CCC=C(/C(=N/S)C(C)=N)C1. The maximum atomic E-state index is 7.97. The second-order valence-corrected chi connectivity index (χ2v) is 17.6. The third-order valence-electron chi connectivity index (χ3n) is 6.64. The maximum Gasteiger partial charge on any atom is 0.159 e. The number of unbranched alkanes of at least 4 members (excludes halogenated alkanes) is 13. The van der Waals surface area contributed by atoms with Gasteiger partial charge in [0.15, 0.2) is 6.35 Å². The minimum atomic E-state index is -1.10. The molecule has 2 atom stereocenters. The zero-order valence-corrected chi connectivity index (χ0v) is 24.1. The van der Waals surface area contributed by atoms with Crippen LogP contribution in [0.1, 0.15) is 110 Å². The van der Waals surface area contributed by atoms with Crippen LogP contribution in [0.4, 0.5) is 0 Å². The van der Waals surface area contributed by atoms with E-state index in [0.29, 0.717) is 5.71 Å². The van der Waals surface area contributed by atoms with Crippen molar-refractivity contribution in [1.29, 1.82) is 5.41 Å². The molecule has 0 aromatic rings.